The van der Waals surface area contributed by atoms with Crippen LogP contribution in [-0.2, 0) is 15.8 Å². The average molecular weight is 595 g/mol. The van der Waals surface area contributed by atoms with Crippen LogP contribution in [0, 0.1) is 11.3 Å². The van der Waals surface area contributed by atoms with Crippen LogP contribution in [0.3, 0.4) is 0 Å². The van der Waals surface area contributed by atoms with Gasteiger partial charge < -0.3 is 10.6 Å². The number of benzene rings is 2. The molecule has 1 aromatic heterocycles. The molecule has 2 aromatic carbocycles. The highest BCUT2D eigenvalue weighted by Crippen LogP contribution is 2.36. The fourth-order valence-corrected chi connectivity index (χ4v) is 5.05. The zero-order valence-electron chi connectivity index (χ0n) is 24.8. The Hall–Kier alpha value is -3.93. The van der Waals surface area contributed by atoms with Crippen LogP contribution in [0.5, 0.6) is 0 Å². The van der Waals surface area contributed by atoms with E-state index in [2.05, 4.69) is 22.5 Å². The highest BCUT2D eigenvalue weighted by atomic mass is 19.4. The van der Waals surface area contributed by atoms with Gasteiger partial charge >= 0.3 is 6.18 Å². The van der Waals surface area contributed by atoms with E-state index in [0.29, 0.717) is 22.9 Å². The normalized spacial score (nSPS) is 12.1. The summed E-state index contributed by atoms with van der Waals surface area (Å²) in [4.78, 5) is 29.3. The number of aromatic nitrogens is 1. The number of halogens is 3. The third kappa shape index (κ3) is 11.0. The van der Waals surface area contributed by atoms with Crippen molar-refractivity contribution in [3.63, 3.8) is 0 Å². The summed E-state index contributed by atoms with van der Waals surface area (Å²) in [6.07, 6.45) is 8.10. The lowest BCUT2D eigenvalue weighted by Gasteiger charge is -2.17. The molecule has 1 heterocycles. The van der Waals surface area contributed by atoms with Crippen molar-refractivity contribution in [2.45, 2.75) is 103 Å². The van der Waals surface area contributed by atoms with Crippen molar-refractivity contribution in [3.05, 3.63) is 60.3 Å². The molecule has 0 aliphatic carbocycles. The first-order valence-electron chi connectivity index (χ1n) is 15.3. The Morgan fingerprint density at radius 1 is 0.884 bits per heavy atom. The number of unbranched alkanes of at least 4 members (excludes halogenated alkanes) is 10. The summed E-state index contributed by atoms with van der Waals surface area (Å²) in [6.45, 7) is 2.21. The quantitative estimate of drug-likeness (QED) is 0.153. The Morgan fingerprint density at radius 2 is 1.51 bits per heavy atom. The molecule has 0 fully saturated rings. The number of nitrogens with zero attached hydrogens (tertiary/aromatic N) is 2. The molecule has 1 unspecified atom stereocenters. The molecule has 3 aromatic rings. The van der Waals surface area contributed by atoms with E-state index in [0.717, 1.165) is 25.3 Å². The molecule has 0 radical (unpaired) electrons. The maximum absolute atomic E-state index is 13.7. The third-order valence-corrected chi connectivity index (χ3v) is 7.41. The number of anilines is 1. The zero-order valence-corrected chi connectivity index (χ0v) is 24.8. The minimum Gasteiger partial charge on any atom is -0.343 e. The zero-order chi connectivity index (χ0) is 31.1. The number of hydrogen-bond donors (Lipinski definition) is 2. The van der Waals surface area contributed by atoms with Crippen LogP contribution in [0.15, 0.2) is 54.6 Å². The second kappa shape index (κ2) is 17.3. The summed E-state index contributed by atoms with van der Waals surface area (Å²) < 4.78 is 41.0. The second-order valence-electron chi connectivity index (χ2n) is 10.9. The van der Waals surface area contributed by atoms with Crippen LogP contribution >= 0.6 is 0 Å². The smallest absolute Gasteiger partial charge is 0.343 e. The summed E-state index contributed by atoms with van der Waals surface area (Å²) in [5, 5.41) is 15.0. The highest BCUT2D eigenvalue weighted by molar-refractivity contribution is 6.01. The van der Waals surface area contributed by atoms with E-state index >= 15 is 0 Å². The number of rotatable bonds is 17. The van der Waals surface area contributed by atoms with Crippen LogP contribution in [0.25, 0.3) is 22.0 Å². The number of pyridine rings is 1. The molecule has 0 bridgehead atoms. The first-order chi connectivity index (χ1) is 20.7. The Balaban J connectivity index is 1.56. The number of alkyl halides is 3. The van der Waals surface area contributed by atoms with Gasteiger partial charge in [-0.15, -0.1) is 0 Å². The van der Waals surface area contributed by atoms with Gasteiger partial charge in [0.25, 0.3) is 0 Å². The molecule has 230 valence electrons. The van der Waals surface area contributed by atoms with E-state index in [1.165, 1.54) is 51.0 Å². The van der Waals surface area contributed by atoms with E-state index in [9.17, 15) is 28.0 Å². The lowest BCUT2D eigenvalue weighted by molar-refractivity contribution is -0.141. The van der Waals surface area contributed by atoms with E-state index in [1.54, 1.807) is 42.5 Å². The van der Waals surface area contributed by atoms with Crippen LogP contribution < -0.4 is 10.6 Å². The molecule has 0 spiro atoms. The Kier molecular flexibility index (Phi) is 13.5. The van der Waals surface area contributed by atoms with Crippen molar-refractivity contribution in [1.29, 1.82) is 5.26 Å². The van der Waals surface area contributed by atoms with Gasteiger partial charge in [-0.2, -0.15) is 18.4 Å². The molecule has 1 atom stereocenters. The van der Waals surface area contributed by atoms with Gasteiger partial charge in [-0.3, -0.25) is 9.59 Å². The van der Waals surface area contributed by atoms with Gasteiger partial charge in [0.15, 0.2) is 0 Å². The van der Waals surface area contributed by atoms with Crippen LogP contribution in [0.1, 0.15) is 96.1 Å². The summed E-state index contributed by atoms with van der Waals surface area (Å²) in [6, 6.07) is 15.1. The standard InChI is InChI=1S/C34H41F3N4O2/c1-2-3-4-5-6-7-8-9-10-11-15-18-32(42)41-29(21-22-38)33(43)39-26-19-20-27-28(25-16-13-12-14-17-25)24-31(34(35,36)37)40-30(27)23-26/h12-14,16-17,19-20,23-24,29H,2-11,15,18,21H2,1H3,(H,39,43)(H,41,42). The van der Waals surface area contributed by atoms with Crippen molar-refractivity contribution in [1.82, 2.24) is 10.3 Å². The summed E-state index contributed by atoms with van der Waals surface area (Å²) in [5.74, 6) is -0.933. The first kappa shape index (κ1) is 33.6. The van der Waals surface area contributed by atoms with Gasteiger partial charge in [0.1, 0.15) is 11.7 Å². The number of hydrogen-bond acceptors (Lipinski definition) is 4. The van der Waals surface area contributed by atoms with E-state index < -0.39 is 23.8 Å². The van der Waals surface area contributed by atoms with Gasteiger partial charge in [0.2, 0.25) is 11.8 Å². The Morgan fingerprint density at radius 3 is 2.12 bits per heavy atom. The molecule has 6 nitrogen and oxygen atoms in total. The molecule has 0 aliphatic rings. The van der Waals surface area contributed by atoms with E-state index in [1.807, 2.05) is 6.07 Å². The van der Waals surface area contributed by atoms with Crippen molar-refractivity contribution < 1.29 is 22.8 Å². The summed E-state index contributed by atoms with van der Waals surface area (Å²) in [7, 11) is 0. The van der Waals surface area contributed by atoms with E-state index in [4.69, 9.17) is 0 Å². The molecule has 2 amide bonds. The SMILES string of the molecule is CCCCCCCCCCCCCC(=O)NC(CC#N)C(=O)Nc1ccc2c(-c3ccccc3)cc(C(F)(F)F)nc2c1. The predicted octanol–water partition coefficient (Wildman–Crippen LogP) is 8.96. The monoisotopic (exact) mass is 594 g/mol. The maximum Gasteiger partial charge on any atom is 0.433 e. The molecule has 0 aliphatic heterocycles. The molecule has 2 N–H and O–H groups in total. The van der Waals surface area contributed by atoms with Gasteiger partial charge in [0, 0.05) is 17.5 Å². The lowest BCUT2D eigenvalue weighted by Crippen LogP contribution is -2.43. The Bertz CT molecular complexity index is 1370. The van der Waals surface area contributed by atoms with Gasteiger partial charge in [-0.05, 0) is 35.7 Å². The largest absolute Gasteiger partial charge is 0.433 e. The molecule has 0 saturated carbocycles. The molecular formula is C34H41F3N4O2. The van der Waals surface area contributed by atoms with Crippen LogP contribution in [-0.4, -0.2) is 22.8 Å². The second-order valence-corrected chi connectivity index (χ2v) is 10.9. The van der Waals surface area contributed by atoms with E-state index in [-0.39, 0.29) is 30.0 Å². The van der Waals surface area contributed by atoms with Gasteiger partial charge in [-0.1, -0.05) is 108 Å². The van der Waals surface area contributed by atoms with Crippen molar-refractivity contribution in [2.24, 2.45) is 0 Å². The minimum atomic E-state index is -4.66. The van der Waals surface area contributed by atoms with Crippen molar-refractivity contribution in [2.75, 3.05) is 5.32 Å². The molecule has 43 heavy (non-hydrogen) atoms. The van der Waals surface area contributed by atoms with Gasteiger partial charge in [-0.25, -0.2) is 4.98 Å². The lowest BCUT2D eigenvalue weighted by atomic mass is 9.99. The molecular weight excluding hydrogens is 553 g/mol. The Labute approximate surface area is 252 Å². The molecule has 0 saturated heterocycles. The highest BCUT2D eigenvalue weighted by Gasteiger charge is 2.33. The number of nitrogens with one attached hydrogen (secondary N) is 2. The predicted molar refractivity (Wildman–Crippen MR) is 164 cm³/mol. The average Bonchev–Trinajstić information content (AvgIpc) is 2.99. The van der Waals surface area contributed by atoms with Crippen molar-refractivity contribution in [3.8, 4) is 17.2 Å². The maximum atomic E-state index is 13.7. The number of carbonyl (C=O) groups is 2. The topological polar surface area (TPSA) is 94.9 Å². The minimum absolute atomic E-state index is 0.0591. The number of nitriles is 1. The molecule has 3 rings (SSSR count). The van der Waals surface area contributed by atoms with Crippen molar-refractivity contribution >= 4 is 28.4 Å². The van der Waals surface area contributed by atoms with Crippen LogP contribution in [0.2, 0.25) is 0 Å². The fraction of sp³-hybridized carbons (Fsp3) is 0.471. The summed E-state index contributed by atoms with van der Waals surface area (Å²) >= 11 is 0. The van der Waals surface area contributed by atoms with Gasteiger partial charge in [0.05, 0.1) is 18.0 Å². The fourth-order valence-electron chi connectivity index (χ4n) is 5.05. The number of amides is 2. The molecule has 9 heteroatoms. The number of carbonyl (C=O) groups excluding carboxylic acids is 2. The third-order valence-electron chi connectivity index (χ3n) is 7.41. The number of fused-ring (bicyclic) bond motifs is 1. The first-order valence-corrected chi connectivity index (χ1v) is 15.3. The van der Waals surface area contributed by atoms with Crippen LogP contribution in [0.4, 0.5) is 18.9 Å². The summed E-state index contributed by atoms with van der Waals surface area (Å²) in [5.41, 5.74) is 0.203.